The van der Waals surface area contributed by atoms with Crippen molar-refractivity contribution >= 4 is 35.3 Å². The van der Waals surface area contributed by atoms with Crippen molar-refractivity contribution in [2.45, 2.75) is 38.4 Å². The fraction of sp³-hybridized carbons (Fsp3) is 0.286. The van der Waals surface area contributed by atoms with Crippen LogP contribution in [0.5, 0.6) is 0 Å². The summed E-state index contributed by atoms with van der Waals surface area (Å²) in [6.45, 7) is 1.72. The first-order valence-corrected chi connectivity index (χ1v) is 10.1. The van der Waals surface area contributed by atoms with Gasteiger partial charge in [-0.1, -0.05) is 30.3 Å². The van der Waals surface area contributed by atoms with Gasteiger partial charge < -0.3 is 15.1 Å². The van der Waals surface area contributed by atoms with Gasteiger partial charge in [0.2, 0.25) is 5.91 Å². The lowest BCUT2D eigenvalue weighted by molar-refractivity contribution is -0.143. The molecule has 152 valence electrons. The Labute approximate surface area is 172 Å². The lowest BCUT2D eigenvalue weighted by atomic mass is 10.0. The number of carboxylic acids is 2. The summed E-state index contributed by atoms with van der Waals surface area (Å²) in [5.41, 5.74) is 1.78. The van der Waals surface area contributed by atoms with Crippen LogP contribution in [0.2, 0.25) is 0 Å². The number of fused-ring (bicyclic) bond motifs is 1. The Hall–Kier alpha value is -2.97. The number of carboxylic acid groups (broad SMARTS) is 2. The van der Waals surface area contributed by atoms with Gasteiger partial charge in [0.05, 0.1) is 12.6 Å². The van der Waals surface area contributed by atoms with Gasteiger partial charge in [-0.15, -0.1) is 11.3 Å². The van der Waals surface area contributed by atoms with Crippen molar-refractivity contribution in [1.29, 1.82) is 0 Å². The van der Waals surface area contributed by atoms with Gasteiger partial charge in [0.1, 0.15) is 11.7 Å². The van der Waals surface area contributed by atoms with E-state index in [0.29, 0.717) is 12.8 Å². The number of benzene rings is 1. The molecule has 0 saturated heterocycles. The molecule has 1 aliphatic rings. The number of carbonyl (C=O) groups is 3. The Balaban J connectivity index is 1.69. The maximum atomic E-state index is 12.9. The Morgan fingerprint density at radius 1 is 1.17 bits per heavy atom. The molecule has 0 bridgehead atoms. The molecule has 1 amide bonds. The first-order chi connectivity index (χ1) is 13.9. The summed E-state index contributed by atoms with van der Waals surface area (Å²) in [4.78, 5) is 38.3. The minimum atomic E-state index is -1.19. The fourth-order valence-corrected chi connectivity index (χ4v) is 4.12. The van der Waals surface area contributed by atoms with E-state index in [9.17, 15) is 24.6 Å². The third-order valence-electron chi connectivity index (χ3n) is 4.84. The van der Waals surface area contributed by atoms with Gasteiger partial charge >= 0.3 is 11.9 Å². The number of amides is 1. The van der Waals surface area contributed by atoms with E-state index in [2.05, 4.69) is 5.32 Å². The zero-order valence-corrected chi connectivity index (χ0v) is 16.7. The lowest BCUT2D eigenvalue weighted by Crippen LogP contribution is -2.51. The molecular formula is C21H22N2O5S. The van der Waals surface area contributed by atoms with Crippen LogP contribution in [0.25, 0.3) is 6.08 Å². The van der Waals surface area contributed by atoms with Crippen molar-refractivity contribution in [3.05, 3.63) is 63.5 Å². The number of hydrogen-bond donors (Lipinski definition) is 3. The largest absolute Gasteiger partial charge is 0.480 e. The Kier molecular flexibility index (Phi) is 6.46. The number of aryl methyl sites for hydroxylation is 1. The summed E-state index contributed by atoms with van der Waals surface area (Å²) in [7, 11) is 0. The van der Waals surface area contributed by atoms with Gasteiger partial charge in [0.25, 0.3) is 0 Å². The van der Waals surface area contributed by atoms with E-state index in [1.165, 1.54) is 22.3 Å². The van der Waals surface area contributed by atoms with Crippen molar-refractivity contribution in [2.75, 3.05) is 0 Å². The summed E-state index contributed by atoms with van der Waals surface area (Å²) < 4.78 is 0. The van der Waals surface area contributed by atoms with Crippen molar-refractivity contribution in [2.24, 2.45) is 0 Å². The predicted molar refractivity (Wildman–Crippen MR) is 109 cm³/mol. The Bertz CT molecular complexity index is 938. The molecule has 8 heteroatoms. The van der Waals surface area contributed by atoms with Gasteiger partial charge in [-0.05, 0) is 48.4 Å². The Morgan fingerprint density at radius 2 is 1.90 bits per heavy atom. The quantitative estimate of drug-likeness (QED) is 0.613. The maximum absolute atomic E-state index is 12.9. The highest BCUT2D eigenvalue weighted by Gasteiger charge is 2.32. The molecule has 0 radical (unpaired) electrons. The van der Waals surface area contributed by atoms with Crippen LogP contribution < -0.4 is 5.32 Å². The lowest BCUT2D eigenvalue weighted by Gasteiger charge is -2.30. The molecule has 3 rings (SSSR count). The van der Waals surface area contributed by atoms with E-state index in [-0.39, 0.29) is 12.2 Å². The molecule has 1 unspecified atom stereocenters. The van der Waals surface area contributed by atoms with Crippen LogP contribution in [0.1, 0.15) is 29.3 Å². The minimum absolute atomic E-state index is 0.102. The van der Waals surface area contributed by atoms with Crippen LogP contribution in [0.15, 0.2) is 47.5 Å². The van der Waals surface area contributed by atoms with Crippen LogP contribution in [0.3, 0.4) is 0 Å². The van der Waals surface area contributed by atoms with E-state index >= 15 is 0 Å². The number of carbonyl (C=O) groups excluding carboxylic acids is 1. The highest BCUT2D eigenvalue weighted by atomic mass is 32.1. The van der Waals surface area contributed by atoms with Gasteiger partial charge in [0, 0.05) is 4.88 Å². The number of aliphatic carboxylic acids is 2. The van der Waals surface area contributed by atoms with Gasteiger partial charge in [0.15, 0.2) is 0 Å². The van der Waals surface area contributed by atoms with E-state index in [4.69, 9.17) is 0 Å². The number of nitrogens with zero attached hydrogens (tertiary/aromatic N) is 1. The standard InChI is InChI=1S/C21H22N2O5S/c1-13(22-16(20(25)26)8-7-14-5-3-2-4-6-14)19(24)23-12-15-9-10-29-18(15)11-17(23)21(27)28/h2-6,9-11,13,16,22H,7-8,12H2,1H3,(H,25,26)(H,27,28)/t13-,16?/m0/s1. The highest BCUT2D eigenvalue weighted by Crippen LogP contribution is 2.29. The number of thiophene rings is 1. The number of rotatable bonds is 8. The van der Waals surface area contributed by atoms with E-state index < -0.39 is 29.9 Å². The molecular weight excluding hydrogens is 392 g/mol. The third-order valence-corrected chi connectivity index (χ3v) is 5.74. The summed E-state index contributed by atoms with van der Waals surface area (Å²) in [5.74, 6) is -2.71. The van der Waals surface area contributed by atoms with Crippen molar-refractivity contribution in [3.8, 4) is 0 Å². The molecule has 29 heavy (non-hydrogen) atoms. The van der Waals surface area contributed by atoms with Gasteiger partial charge in [-0.3, -0.25) is 14.9 Å². The predicted octanol–water partition coefficient (Wildman–Crippen LogP) is 2.58. The maximum Gasteiger partial charge on any atom is 0.352 e. The number of nitrogens with one attached hydrogen (secondary N) is 1. The smallest absolute Gasteiger partial charge is 0.352 e. The van der Waals surface area contributed by atoms with Crippen LogP contribution in [0, 0.1) is 0 Å². The molecule has 0 spiro atoms. The van der Waals surface area contributed by atoms with Crippen LogP contribution in [0.4, 0.5) is 0 Å². The first-order valence-electron chi connectivity index (χ1n) is 9.22. The summed E-state index contributed by atoms with van der Waals surface area (Å²) in [6.07, 6.45) is 2.35. The molecule has 2 atom stereocenters. The van der Waals surface area contributed by atoms with Crippen molar-refractivity contribution < 1.29 is 24.6 Å². The minimum Gasteiger partial charge on any atom is -0.480 e. The molecule has 3 N–H and O–H groups in total. The molecule has 1 aromatic carbocycles. The molecule has 7 nitrogen and oxygen atoms in total. The Morgan fingerprint density at radius 3 is 2.55 bits per heavy atom. The second-order valence-electron chi connectivity index (χ2n) is 6.87. The summed E-state index contributed by atoms with van der Waals surface area (Å²) >= 11 is 1.42. The van der Waals surface area contributed by atoms with Crippen LogP contribution in [-0.4, -0.2) is 45.0 Å². The SMILES string of the molecule is C[C@H](NC(CCc1ccccc1)C(=O)O)C(=O)N1Cc2ccsc2C=C1C(=O)O. The summed E-state index contributed by atoms with van der Waals surface area (Å²) in [5, 5.41) is 23.8. The van der Waals surface area contributed by atoms with E-state index in [1.54, 1.807) is 6.92 Å². The van der Waals surface area contributed by atoms with Crippen LogP contribution >= 0.6 is 11.3 Å². The molecule has 0 fully saturated rings. The average Bonchev–Trinajstić information content (AvgIpc) is 3.17. The zero-order valence-electron chi connectivity index (χ0n) is 15.9. The second-order valence-corrected chi connectivity index (χ2v) is 7.82. The molecule has 2 heterocycles. The van der Waals surface area contributed by atoms with E-state index in [0.717, 1.165) is 16.0 Å². The average molecular weight is 414 g/mol. The van der Waals surface area contributed by atoms with Crippen molar-refractivity contribution in [1.82, 2.24) is 10.2 Å². The van der Waals surface area contributed by atoms with Gasteiger partial charge in [-0.2, -0.15) is 0 Å². The molecule has 0 saturated carbocycles. The molecule has 0 aliphatic carbocycles. The zero-order chi connectivity index (χ0) is 21.0. The molecule has 2 aromatic rings. The molecule has 1 aliphatic heterocycles. The number of hydrogen-bond acceptors (Lipinski definition) is 5. The second kappa shape index (κ2) is 9.02. The summed E-state index contributed by atoms with van der Waals surface area (Å²) in [6, 6.07) is 9.59. The fourth-order valence-electron chi connectivity index (χ4n) is 3.28. The third kappa shape index (κ3) is 4.90. The highest BCUT2D eigenvalue weighted by molar-refractivity contribution is 7.11. The van der Waals surface area contributed by atoms with Gasteiger partial charge in [-0.25, -0.2) is 4.79 Å². The monoisotopic (exact) mass is 414 g/mol. The van der Waals surface area contributed by atoms with Crippen molar-refractivity contribution in [3.63, 3.8) is 0 Å². The van der Waals surface area contributed by atoms with Crippen LogP contribution in [-0.2, 0) is 27.3 Å². The first kappa shape index (κ1) is 20.8. The normalized spacial score (nSPS) is 15.2. The van der Waals surface area contributed by atoms with E-state index in [1.807, 2.05) is 41.8 Å². The molecule has 1 aromatic heterocycles. The topological polar surface area (TPSA) is 107 Å².